The van der Waals surface area contributed by atoms with E-state index in [4.69, 9.17) is 10.00 Å². The summed E-state index contributed by atoms with van der Waals surface area (Å²) in [5, 5.41) is 8.66. The Balaban J connectivity index is 2.62. The normalized spacial score (nSPS) is 9.41. The highest BCUT2D eigenvalue weighted by Gasteiger charge is 2.10. The predicted octanol–water partition coefficient (Wildman–Crippen LogP) is 2.91. The first-order valence-corrected chi connectivity index (χ1v) is 5.55. The maximum Gasteiger partial charge on any atom is 0.338 e. The molecule has 0 saturated carbocycles. The van der Waals surface area contributed by atoms with Gasteiger partial charge in [-0.3, -0.25) is 0 Å². The minimum absolute atomic E-state index is 0.325. The minimum Gasteiger partial charge on any atom is -0.462 e. The number of nitriles is 1. The standard InChI is InChI=1S/C14H15NO2/c1-3-4-9-17-14(16)11(2)13-7-5-12(10-15)6-8-13/h5-8H,2-4,9H2,1H3. The first-order valence-electron chi connectivity index (χ1n) is 5.55. The number of hydrogen-bond donors (Lipinski definition) is 0. The largest absolute Gasteiger partial charge is 0.462 e. The van der Waals surface area contributed by atoms with Gasteiger partial charge >= 0.3 is 5.97 Å². The maximum atomic E-state index is 11.6. The fourth-order valence-corrected chi connectivity index (χ4v) is 1.26. The van der Waals surface area contributed by atoms with Crippen molar-refractivity contribution in [2.45, 2.75) is 19.8 Å². The highest BCUT2D eigenvalue weighted by atomic mass is 16.5. The second-order valence-corrected chi connectivity index (χ2v) is 3.66. The van der Waals surface area contributed by atoms with Crippen LogP contribution >= 0.6 is 0 Å². The summed E-state index contributed by atoms with van der Waals surface area (Å²) >= 11 is 0. The molecular weight excluding hydrogens is 214 g/mol. The molecule has 0 radical (unpaired) electrons. The smallest absolute Gasteiger partial charge is 0.338 e. The fourth-order valence-electron chi connectivity index (χ4n) is 1.26. The molecule has 0 heterocycles. The minimum atomic E-state index is -0.400. The molecule has 3 nitrogen and oxygen atoms in total. The number of hydrogen-bond acceptors (Lipinski definition) is 3. The third-order valence-corrected chi connectivity index (χ3v) is 2.34. The average molecular weight is 229 g/mol. The molecule has 0 aliphatic rings. The first kappa shape index (κ1) is 13.0. The summed E-state index contributed by atoms with van der Waals surface area (Å²) in [4.78, 5) is 11.6. The highest BCUT2D eigenvalue weighted by Crippen LogP contribution is 2.14. The molecule has 0 fully saturated rings. The molecule has 0 aliphatic carbocycles. The van der Waals surface area contributed by atoms with E-state index in [1.165, 1.54) is 0 Å². The van der Waals surface area contributed by atoms with E-state index < -0.39 is 5.97 Å². The van der Waals surface area contributed by atoms with Crippen LogP contribution in [0.3, 0.4) is 0 Å². The van der Waals surface area contributed by atoms with Gasteiger partial charge in [-0.2, -0.15) is 5.26 Å². The van der Waals surface area contributed by atoms with Crippen molar-refractivity contribution in [1.29, 1.82) is 5.26 Å². The Labute approximate surface area is 101 Å². The summed E-state index contributed by atoms with van der Waals surface area (Å²) in [5.41, 5.74) is 1.57. The van der Waals surface area contributed by atoms with Crippen LogP contribution in [0.5, 0.6) is 0 Å². The molecule has 0 aliphatic heterocycles. The molecule has 0 amide bonds. The highest BCUT2D eigenvalue weighted by molar-refractivity contribution is 6.15. The summed E-state index contributed by atoms with van der Waals surface area (Å²) in [6.45, 7) is 6.15. The lowest BCUT2D eigenvalue weighted by atomic mass is 10.1. The van der Waals surface area contributed by atoms with Crippen LogP contribution in [-0.4, -0.2) is 12.6 Å². The lowest BCUT2D eigenvalue weighted by Crippen LogP contribution is -2.07. The van der Waals surface area contributed by atoms with Crippen LogP contribution in [0.4, 0.5) is 0 Å². The number of ether oxygens (including phenoxy) is 1. The van der Waals surface area contributed by atoms with E-state index in [2.05, 4.69) is 6.58 Å². The van der Waals surface area contributed by atoms with Crippen molar-refractivity contribution in [2.75, 3.05) is 6.61 Å². The Morgan fingerprint density at radius 2 is 2.06 bits per heavy atom. The molecule has 1 rings (SSSR count). The van der Waals surface area contributed by atoms with Crippen molar-refractivity contribution in [3.63, 3.8) is 0 Å². The van der Waals surface area contributed by atoms with Gasteiger partial charge in [0.2, 0.25) is 0 Å². The molecule has 0 saturated heterocycles. The number of carbonyl (C=O) groups is 1. The molecule has 0 spiro atoms. The summed E-state index contributed by atoms with van der Waals surface area (Å²) in [6.07, 6.45) is 1.84. The van der Waals surface area contributed by atoms with E-state index >= 15 is 0 Å². The van der Waals surface area contributed by atoms with Crippen molar-refractivity contribution < 1.29 is 9.53 Å². The molecule has 3 heteroatoms. The molecule has 1 aromatic carbocycles. The average Bonchev–Trinajstić information content (AvgIpc) is 2.38. The molecule has 0 N–H and O–H groups in total. The van der Waals surface area contributed by atoms with Crippen molar-refractivity contribution in [2.24, 2.45) is 0 Å². The van der Waals surface area contributed by atoms with Gasteiger partial charge in [-0.25, -0.2) is 4.79 Å². The van der Waals surface area contributed by atoms with Crippen molar-refractivity contribution in [1.82, 2.24) is 0 Å². The van der Waals surface area contributed by atoms with E-state index in [1.807, 2.05) is 13.0 Å². The van der Waals surface area contributed by atoms with E-state index in [-0.39, 0.29) is 0 Å². The zero-order valence-corrected chi connectivity index (χ0v) is 9.90. The zero-order valence-electron chi connectivity index (χ0n) is 9.90. The van der Waals surface area contributed by atoms with Gasteiger partial charge in [0, 0.05) is 0 Å². The molecule has 0 atom stereocenters. The lowest BCUT2D eigenvalue weighted by Gasteiger charge is -2.06. The SMILES string of the molecule is C=C(C(=O)OCCCC)c1ccc(C#N)cc1. The second kappa shape index (κ2) is 6.49. The second-order valence-electron chi connectivity index (χ2n) is 3.66. The van der Waals surface area contributed by atoms with Crippen molar-refractivity contribution in [3.05, 3.63) is 42.0 Å². The van der Waals surface area contributed by atoms with Crippen LogP contribution in [0.2, 0.25) is 0 Å². The van der Waals surface area contributed by atoms with Crippen LogP contribution < -0.4 is 0 Å². The van der Waals surface area contributed by atoms with Crippen LogP contribution in [0.15, 0.2) is 30.8 Å². The fraction of sp³-hybridized carbons (Fsp3) is 0.286. The quantitative estimate of drug-likeness (QED) is 0.443. The van der Waals surface area contributed by atoms with Gasteiger partial charge in [0.25, 0.3) is 0 Å². The van der Waals surface area contributed by atoms with Crippen LogP contribution in [0.25, 0.3) is 5.57 Å². The van der Waals surface area contributed by atoms with E-state index in [1.54, 1.807) is 24.3 Å². The van der Waals surface area contributed by atoms with Crippen molar-refractivity contribution >= 4 is 11.5 Å². The molecule has 0 aromatic heterocycles. The summed E-state index contributed by atoms with van der Waals surface area (Å²) in [6, 6.07) is 8.72. The number of unbranched alkanes of at least 4 members (excludes halogenated alkanes) is 1. The summed E-state index contributed by atoms with van der Waals surface area (Å²) in [7, 11) is 0. The van der Waals surface area contributed by atoms with Gasteiger partial charge in [-0.05, 0) is 24.1 Å². The maximum absolute atomic E-state index is 11.6. The number of esters is 1. The molecule has 0 unspecified atom stereocenters. The molecule has 88 valence electrons. The monoisotopic (exact) mass is 229 g/mol. The van der Waals surface area contributed by atoms with Crippen LogP contribution in [0, 0.1) is 11.3 Å². The summed E-state index contributed by atoms with van der Waals surface area (Å²) < 4.78 is 5.05. The Hall–Kier alpha value is -2.08. The van der Waals surface area contributed by atoms with Gasteiger partial charge in [-0.1, -0.05) is 32.1 Å². The van der Waals surface area contributed by atoms with Gasteiger partial charge in [0.05, 0.1) is 23.8 Å². The van der Waals surface area contributed by atoms with Gasteiger partial charge < -0.3 is 4.74 Å². The van der Waals surface area contributed by atoms with Crippen LogP contribution in [-0.2, 0) is 9.53 Å². The Morgan fingerprint density at radius 1 is 1.41 bits per heavy atom. The van der Waals surface area contributed by atoms with Gasteiger partial charge in [-0.15, -0.1) is 0 Å². The number of carbonyl (C=O) groups excluding carboxylic acids is 1. The molecule has 17 heavy (non-hydrogen) atoms. The van der Waals surface area contributed by atoms with Gasteiger partial charge in [0.1, 0.15) is 0 Å². The van der Waals surface area contributed by atoms with E-state index in [0.717, 1.165) is 12.8 Å². The third kappa shape index (κ3) is 3.76. The Morgan fingerprint density at radius 3 is 2.59 bits per heavy atom. The first-order chi connectivity index (χ1) is 8.19. The van der Waals surface area contributed by atoms with E-state index in [9.17, 15) is 4.79 Å². The third-order valence-electron chi connectivity index (χ3n) is 2.34. The summed E-state index contributed by atoms with van der Waals surface area (Å²) in [5.74, 6) is -0.400. The Kier molecular flexibility index (Phi) is 4.96. The predicted molar refractivity (Wildman–Crippen MR) is 66.1 cm³/mol. The Bertz CT molecular complexity index is 440. The van der Waals surface area contributed by atoms with Gasteiger partial charge in [0.15, 0.2) is 0 Å². The van der Waals surface area contributed by atoms with Crippen molar-refractivity contribution in [3.8, 4) is 6.07 Å². The molecule has 0 bridgehead atoms. The topological polar surface area (TPSA) is 50.1 Å². The number of nitrogens with zero attached hydrogens (tertiary/aromatic N) is 1. The number of rotatable bonds is 5. The van der Waals surface area contributed by atoms with Crippen LogP contribution in [0.1, 0.15) is 30.9 Å². The zero-order chi connectivity index (χ0) is 12.7. The van der Waals surface area contributed by atoms with E-state index in [0.29, 0.717) is 23.3 Å². The lowest BCUT2D eigenvalue weighted by molar-refractivity contribution is -0.136. The number of benzene rings is 1. The molecule has 1 aromatic rings. The molecular formula is C14H15NO2.